The molecule has 0 fully saturated rings. The van der Waals surface area contributed by atoms with E-state index in [4.69, 9.17) is 19.4 Å². The van der Waals surface area contributed by atoms with Gasteiger partial charge >= 0.3 is 12.0 Å². The highest BCUT2D eigenvalue weighted by Crippen LogP contribution is 2.30. The lowest BCUT2D eigenvalue weighted by Crippen LogP contribution is -2.01. The summed E-state index contributed by atoms with van der Waals surface area (Å²) in [6.45, 7) is 0. The molecule has 0 amide bonds. The van der Waals surface area contributed by atoms with E-state index >= 15 is 0 Å². The topological polar surface area (TPSA) is 95.8 Å². The van der Waals surface area contributed by atoms with Crippen molar-refractivity contribution in [1.29, 1.82) is 0 Å². The van der Waals surface area contributed by atoms with E-state index < -0.39 is 0 Å². The van der Waals surface area contributed by atoms with E-state index in [1.165, 1.54) is 0 Å². The van der Waals surface area contributed by atoms with Crippen LogP contribution in [0.4, 0.5) is 0 Å². The van der Waals surface area contributed by atoms with Gasteiger partial charge in [-0.1, -0.05) is 127 Å². The van der Waals surface area contributed by atoms with Gasteiger partial charge in [-0.2, -0.15) is 19.9 Å². The van der Waals surface area contributed by atoms with Crippen LogP contribution in [0, 0.1) is 0 Å². The summed E-state index contributed by atoms with van der Waals surface area (Å²) in [5, 5.41) is 0. The molecular formula is C36H24N6O2. The van der Waals surface area contributed by atoms with E-state index in [2.05, 4.69) is 19.9 Å². The Morgan fingerprint density at radius 3 is 0.886 bits per heavy atom. The fraction of sp³-hybridized carbons (Fsp3) is 0. The van der Waals surface area contributed by atoms with E-state index in [-0.39, 0.29) is 12.0 Å². The van der Waals surface area contributed by atoms with Crippen LogP contribution in [0.25, 0.3) is 45.6 Å². The summed E-state index contributed by atoms with van der Waals surface area (Å²) in [6, 6.07) is 46.4. The minimum Gasteiger partial charge on any atom is -0.424 e. The maximum absolute atomic E-state index is 6.17. The maximum atomic E-state index is 6.17. The predicted molar refractivity (Wildman–Crippen MR) is 168 cm³/mol. The molecule has 44 heavy (non-hydrogen) atoms. The van der Waals surface area contributed by atoms with Crippen LogP contribution in [0.15, 0.2) is 146 Å². The Kier molecular flexibility index (Phi) is 7.44. The third-order valence-electron chi connectivity index (χ3n) is 6.58. The van der Waals surface area contributed by atoms with Crippen LogP contribution in [-0.4, -0.2) is 29.9 Å². The number of hydrogen-bond acceptors (Lipinski definition) is 8. The Bertz CT molecular complexity index is 1750. The molecule has 0 bridgehead atoms. The Hall–Kier alpha value is -6.28. The van der Waals surface area contributed by atoms with Gasteiger partial charge < -0.3 is 9.47 Å². The van der Waals surface area contributed by atoms with Crippen molar-refractivity contribution >= 4 is 0 Å². The summed E-state index contributed by atoms with van der Waals surface area (Å²) in [5.74, 6) is 2.99. The molecule has 0 saturated carbocycles. The quantitative estimate of drug-likeness (QED) is 0.179. The second kappa shape index (κ2) is 12.3. The van der Waals surface area contributed by atoms with Crippen molar-refractivity contribution in [1.82, 2.24) is 29.9 Å². The Balaban J connectivity index is 1.21. The first-order valence-corrected chi connectivity index (χ1v) is 14.0. The van der Waals surface area contributed by atoms with E-state index in [0.29, 0.717) is 34.8 Å². The summed E-state index contributed by atoms with van der Waals surface area (Å²) in [7, 11) is 0. The lowest BCUT2D eigenvalue weighted by Gasteiger charge is -2.11. The highest BCUT2D eigenvalue weighted by molar-refractivity contribution is 5.62. The average Bonchev–Trinajstić information content (AvgIpc) is 3.10. The highest BCUT2D eigenvalue weighted by atomic mass is 16.5. The first-order chi connectivity index (χ1) is 21.8. The molecular weight excluding hydrogens is 548 g/mol. The molecule has 0 spiro atoms. The van der Waals surface area contributed by atoms with Crippen LogP contribution in [0.5, 0.6) is 23.5 Å². The van der Waals surface area contributed by atoms with Gasteiger partial charge in [0, 0.05) is 28.3 Å². The third-order valence-corrected chi connectivity index (χ3v) is 6.58. The second-order valence-corrected chi connectivity index (χ2v) is 9.67. The molecule has 2 heterocycles. The molecule has 210 valence electrons. The van der Waals surface area contributed by atoms with Gasteiger partial charge in [-0.3, -0.25) is 0 Å². The van der Waals surface area contributed by atoms with E-state index in [0.717, 1.165) is 22.3 Å². The van der Waals surface area contributed by atoms with E-state index in [1.54, 1.807) is 18.2 Å². The number of benzene rings is 5. The SMILES string of the molecule is c1ccc(-c2nc(Oc3cccc(Oc4nc(-c5ccccc5)nc(-c5ccccc5)n4)c3)nc(-c3ccccc3)n2)cc1. The molecule has 0 aliphatic heterocycles. The van der Waals surface area contributed by atoms with Crippen molar-refractivity contribution in [3.63, 3.8) is 0 Å². The van der Waals surface area contributed by atoms with Gasteiger partial charge in [0.15, 0.2) is 23.3 Å². The zero-order valence-electron chi connectivity index (χ0n) is 23.4. The summed E-state index contributed by atoms with van der Waals surface area (Å²) in [4.78, 5) is 27.9. The lowest BCUT2D eigenvalue weighted by atomic mass is 10.2. The van der Waals surface area contributed by atoms with Crippen molar-refractivity contribution in [3.05, 3.63) is 146 Å². The predicted octanol–water partition coefficient (Wildman–Crippen LogP) is 8.31. The summed E-state index contributed by atoms with van der Waals surface area (Å²) < 4.78 is 12.3. The number of hydrogen-bond donors (Lipinski definition) is 0. The summed E-state index contributed by atoms with van der Waals surface area (Å²) in [6.07, 6.45) is 0. The molecule has 0 unspecified atom stereocenters. The third kappa shape index (κ3) is 6.14. The second-order valence-electron chi connectivity index (χ2n) is 9.67. The maximum Gasteiger partial charge on any atom is 0.326 e. The Morgan fingerprint density at radius 1 is 0.295 bits per heavy atom. The smallest absolute Gasteiger partial charge is 0.326 e. The first kappa shape index (κ1) is 26.6. The molecule has 0 saturated heterocycles. The van der Waals surface area contributed by atoms with Crippen molar-refractivity contribution in [2.45, 2.75) is 0 Å². The van der Waals surface area contributed by atoms with E-state index in [9.17, 15) is 0 Å². The molecule has 5 aromatic carbocycles. The van der Waals surface area contributed by atoms with Gasteiger partial charge in [0.1, 0.15) is 11.5 Å². The van der Waals surface area contributed by atoms with Crippen LogP contribution >= 0.6 is 0 Å². The molecule has 0 aliphatic rings. The normalized spacial score (nSPS) is 10.7. The van der Waals surface area contributed by atoms with Crippen LogP contribution in [0.1, 0.15) is 0 Å². The molecule has 7 rings (SSSR count). The molecule has 0 N–H and O–H groups in total. The molecule has 8 nitrogen and oxygen atoms in total. The van der Waals surface area contributed by atoms with Crippen molar-refractivity contribution in [2.24, 2.45) is 0 Å². The number of ether oxygens (including phenoxy) is 2. The van der Waals surface area contributed by atoms with Gasteiger partial charge in [-0.25, -0.2) is 9.97 Å². The zero-order chi connectivity index (χ0) is 29.6. The molecule has 0 radical (unpaired) electrons. The van der Waals surface area contributed by atoms with E-state index in [1.807, 2.05) is 127 Å². The Morgan fingerprint density at radius 2 is 0.591 bits per heavy atom. The van der Waals surface area contributed by atoms with Crippen LogP contribution in [-0.2, 0) is 0 Å². The van der Waals surface area contributed by atoms with Crippen molar-refractivity contribution in [2.75, 3.05) is 0 Å². The number of aromatic nitrogens is 6. The number of rotatable bonds is 8. The van der Waals surface area contributed by atoms with Gasteiger partial charge in [0.05, 0.1) is 0 Å². The van der Waals surface area contributed by atoms with Gasteiger partial charge in [0.2, 0.25) is 0 Å². The van der Waals surface area contributed by atoms with Crippen LogP contribution < -0.4 is 9.47 Å². The van der Waals surface area contributed by atoms with Gasteiger partial charge in [0.25, 0.3) is 0 Å². The van der Waals surface area contributed by atoms with Crippen molar-refractivity contribution in [3.8, 4) is 69.1 Å². The molecule has 8 heteroatoms. The molecule has 0 atom stereocenters. The monoisotopic (exact) mass is 572 g/mol. The molecule has 0 aliphatic carbocycles. The number of nitrogens with zero attached hydrogens (tertiary/aromatic N) is 6. The minimum atomic E-state index is 0.160. The lowest BCUT2D eigenvalue weighted by molar-refractivity contribution is 0.422. The summed E-state index contributed by atoms with van der Waals surface area (Å²) >= 11 is 0. The van der Waals surface area contributed by atoms with Gasteiger partial charge in [-0.05, 0) is 12.1 Å². The average molecular weight is 573 g/mol. The standard InChI is InChI=1S/C36H24N6O2/c1-5-14-25(15-6-1)31-37-32(26-16-7-2-8-17-26)40-35(39-31)43-29-22-13-23-30(24-29)44-36-41-33(27-18-9-3-10-19-27)38-34(42-36)28-20-11-4-12-21-28/h1-24H. The first-order valence-electron chi connectivity index (χ1n) is 14.0. The van der Waals surface area contributed by atoms with Crippen molar-refractivity contribution < 1.29 is 9.47 Å². The molecule has 2 aromatic heterocycles. The fourth-order valence-electron chi connectivity index (χ4n) is 4.48. The summed E-state index contributed by atoms with van der Waals surface area (Å²) in [5.41, 5.74) is 3.42. The van der Waals surface area contributed by atoms with Gasteiger partial charge in [-0.15, -0.1) is 0 Å². The largest absolute Gasteiger partial charge is 0.424 e. The Labute approximate surface area is 253 Å². The molecule has 7 aromatic rings. The van der Waals surface area contributed by atoms with Crippen LogP contribution in [0.2, 0.25) is 0 Å². The zero-order valence-corrected chi connectivity index (χ0v) is 23.4. The van der Waals surface area contributed by atoms with Crippen LogP contribution in [0.3, 0.4) is 0 Å². The highest BCUT2D eigenvalue weighted by Gasteiger charge is 2.15. The fourth-order valence-corrected chi connectivity index (χ4v) is 4.48. The minimum absolute atomic E-state index is 0.160.